The summed E-state index contributed by atoms with van der Waals surface area (Å²) in [5.74, 6) is -1.04. The van der Waals surface area contributed by atoms with Crippen LogP contribution in [0.15, 0.2) is 30.6 Å². The van der Waals surface area contributed by atoms with Crippen LogP contribution in [0.3, 0.4) is 0 Å². The third-order valence-corrected chi connectivity index (χ3v) is 3.29. The van der Waals surface area contributed by atoms with Crippen molar-refractivity contribution in [1.82, 2.24) is 4.98 Å². The minimum atomic E-state index is -1.04. The highest BCUT2D eigenvalue weighted by molar-refractivity contribution is 6.35. The fourth-order valence-electron chi connectivity index (χ4n) is 1.57. The number of carbonyl (C=O) groups is 1. The predicted molar refractivity (Wildman–Crippen MR) is 75.7 cm³/mol. The number of carboxylic acid groups (broad SMARTS) is 1. The molecule has 0 amide bonds. The molecule has 0 unspecified atom stereocenters. The Morgan fingerprint density at radius 2 is 2.00 bits per heavy atom. The average molecular weight is 297 g/mol. The lowest BCUT2D eigenvalue weighted by Crippen LogP contribution is -2.03. The van der Waals surface area contributed by atoms with Gasteiger partial charge >= 0.3 is 5.97 Å². The normalized spacial score (nSPS) is 10.3. The molecule has 0 spiro atoms. The Bertz CT molecular complexity index is 645. The third kappa shape index (κ3) is 2.97. The van der Waals surface area contributed by atoms with Gasteiger partial charge in [0.25, 0.3) is 0 Å². The highest BCUT2D eigenvalue weighted by atomic mass is 35.5. The van der Waals surface area contributed by atoms with Crippen LogP contribution in [0.4, 0.5) is 11.4 Å². The fraction of sp³-hybridized carbons (Fsp3) is 0.0769. The van der Waals surface area contributed by atoms with Crippen LogP contribution >= 0.6 is 23.2 Å². The Labute approximate surface area is 120 Å². The third-order valence-electron chi connectivity index (χ3n) is 2.57. The molecule has 0 aliphatic heterocycles. The van der Waals surface area contributed by atoms with Crippen molar-refractivity contribution < 1.29 is 9.90 Å². The molecular formula is C13H10Cl2N2O2. The number of aromatic nitrogens is 1. The van der Waals surface area contributed by atoms with Gasteiger partial charge in [0.15, 0.2) is 0 Å². The SMILES string of the molecule is Cc1cc(Cl)c(Nc2cnccc2C(=O)O)cc1Cl. The summed E-state index contributed by atoms with van der Waals surface area (Å²) in [7, 11) is 0. The smallest absolute Gasteiger partial charge is 0.337 e. The number of nitrogens with zero attached hydrogens (tertiary/aromatic N) is 1. The van der Waals surface area contributed by atoms with Crippen molar-refractivity contribution in [3.63, 3.8) is 0 Å². The zero-order valence-electron chi connectivity index (χ0n) is 9.95. The van der Waals surface area contributed by atoms with E-state index in [0.29, 0.717) is 21.4 Å². The summed E-state index contributed by atoms with van der Waals surface area (Å²) in [4.78, 5) is 15.0. The van der Waals surface area contributed by atoms with Crippen molar-refractivity contribution in [2.45, 2.75) is 6.92 Å². The lowest BCUT2D eigenvalue weighted by Gasteiger charge is -2.11. The molecule has 4 nitrogen and oxygen atoms in total. The van der Waals surface area contributed by atoms with Gasteiger partial charge in [0.1, 0.15) is 0 Å². The Balaban J connectivity index is 2.42. The summed E-state index contributed by atoms with van der Waals surface area (Å²) >= 11 is 12.1. The molecule has 19 heavy (non-hydrogen) atoms. The minimum Gasteiger partial charge on any atom is -0.478 e. The van der Waals surface area contributed by atoms with Crippen LogP contribution in [0.1, 0.15) is 15.9 Å². The average Bonchev–Trinajstić information content (AvgIpc) is 2.36. The van der Waals surface area contributed by atoms with E-state index in [0.717, 1.165) is 5.56 Å². The number of carboxylic acids is 1. The molecule has 2 rings (SSSR count). The van der Waals surface area contributed by atoms with Crippen molar-refractivity contribution in [3.05, 3.63) is 51.8 Å². The Hall–Kier alpha value is -1.78. The highest BCUT2D eigenvalue weighted by Gasteiger charge is 2.12. The first-order valence-electron chi connectivity index (χ1n) is 5.39. The molecule has 1 aromatic carbocycles. The predicted octanol–water partition coefficient (Wildman–Crippen LogP) is 4.14. The van der Waals surface area contributed by atoms with Gasteiger partial charge in [0.2, 0.25) is 0 Å². The molecule has 1 aromatic heterocycles. The van der Waals surface area contributed by atoms with Crippen LogP contribution in [0.5, 0.6) is 0 Å². The summed E-state index contributed by atoms with van der Waals surface area (Å²) in [5.41, 5.74) is 1.86. The van der Waals surface area contributed by atoms with E-state index in [1.165, 1.54) is 18.5 Å². The van der Waals surface area contributed by atoms with Gasteiger partial charge in [0, 0.05) is 11.2 Å². The lowest BCUT2D eigenvalue weighted by molar-refractivity contribution is 0.0698. The number of benzene rings is 1. The Kier molecular flexibility index (Phi) is 3.93. The molecule has 0 saturated heterocycles. The van der Waals surface area contributed by atoms with Crippen LogP contribution in [-0.2, 0) is 0 Å². The van der Waals surface area contributed by atoms with Crippen LogP contribution < -0.4 is 5.32 Å². The van der Waals surface area contributed by atoms with E-state index < -0.39 is 5.97 Å². The molecular weight excluding hydrogens is 287 g/mol. The van der Waals surface area contributed by atoms with E-state index in [1.807, 2.05) is 6.92 Å². The minimum absolute atomic E-state index is 0.114. The van der Waals surface area contributed by atoms with Crippen LogP contribution in [0.25, 0.3) is 0 Å². The second-order valence-corrected chi connectivity index (χ2v) is 4.75. The quantitative estimate of drug-likeness (QED) is 0.893. The molecule has 1 heterocycles. The molecule has 98 valence electrons. The van der Waals surface area contributed by atoms with E-state index in [2.05, 4.69) is 10.3 Å². The summed E-state index contributed by atoms with van der Waals surface area (Å²) in [6, 6.07) is 4.77. The number of hydrogen-bond donors (Lipinski definition) is 2. The Morgan fingerprint density at radius 3 is 2.68 bits per heavy atom. The number of nitrogens with one attached hydrogen (secondary N) is 1. The number of aromatic carboxylic acids is 1. The van der Waals surface area contributed by atoms with E-state index in [4.69, 9.17) is 28.3 Å². The van der Waals surface area contributed by atoms with Gasteiger partial charge in [-0.2, -0.15) is 0 Å². The first-order valence-corrected chi connectivity index (χ1v) is 6.14. The number of hydrogen-bond acceptors (Lipinski definition) is 3. The van der Waals surface area contributed by atoms with Gasteiger partial charge in [0.05, 0.1) is 28.2 Å². The number of pyridine rings is 1. The van der Waals surface area contributed by atoms with Gasteiger partial charge < -0.3 is 10.4 Å². The topological polar surface area (TPSA) is 62.2 Å². The second kappa shape index (κ2) is 5.47. The first-order chi connectivity index (χ1) is 8.99. The lowest BCUT2D eigenvalue weighted by atomic mass is 10.2. The molecule has 2 aromatic rings. The first kappa shape index (κ1) is 13.6. The maximum atomic E-state index is 11.1. The monoisotopic (exact) mass is 296 g/mol. The summed E-state index contributed by atoms with van der Waals surface area (Å²) < 4.78 is 0. The number of rotatable bonds is 3. The molecule has 0 fully saturated rings. The van der Waals surface area contributed by atoms with E-state index in [-0.39, 0.29) is 5.56 Å². The largest absolute Gasteiger partial charge is 0.478 e. The number of halogens is 2. The molecule has 0 aliphatic rings. The zero-order valence-corrected chi connectivity index (χ0v) is 11.5. The number of anilines is 2. The van der Waals surface area contributed by atoms with Crippen molar-refractivity contribution in [3.8, 4) is 0 Å². The summed E-state index contributed by atoms with van der Waals surface area (Å²) in [6.07, 6.45) is 2.84. The van der Waals surface area contributed by atoms with E-state index in [1.54, 1.807) is 12.1 Å². The molecule has 2 N–H and O–H groups in total. The molecule has 0 radical (unpaired) electrons. The number of aryl methyl sites for hydroxylation is 1. The molecule has 0 saturated carbocycles. The van der Waals surface area contributed by atoms with Gasteiger partial charge in [-0.05, 0) is 30.7 Å². The van der Waals surface area contributed by atoms with E-state index in [9.17, 15) is 4.79 Å². The van der Waals surface area contributed by atoms with Crippen molar-refractivity contribution >= 4 is 40.5 Å². The van der Waals surface area contributed by atoms with E-state index >= 15 is 0 Å². The van der Waals surface area contributed by atoms with Crippen LogP contribution in [0, 0.1) is 6.92 Å². The standard InChI is InChI=1S/C13H10Cl2N2O2/c1-7-4-10(15)11(5-9(7)14)17-12-6-16-3-2-8(12)13(18)19/h2-6,17H,1H3,(H,18,19). The fourth-order valence-corrected chi connectivity index (χ4v) is 2.00. The van der Waals surface area contributed by atoms with Crippen molar-refractivity contribution in [1.29, 1.82) is 0 Å². The molecule has 0 aliphatic carbocycles. The van der Waals surface area contributed by atoms with Gasteiger partial charge in [-0.1, -0.05) is 23.2 Å². The Morgan fingerprint density at radius 1 is 1.26 bits per heavy atom. The second-order valence-electron chi connectivity index (χ2n) is 3.93. The van der Waals surface area contributed by atoms with Crippen molar-refractivity contribution in [2.75, 3.05) is 5.32 Å². The maximum absolute atomic E-state index is 11.1. The van der Waals surface area contributed by atoms with Crippen LogP contribution in [-0.4, -0.2) is 16.1 Å². The highest BCUT2D eigenvalue weighted by Crippen LogP contribution is 2.31. The summed E-state index contributed by atoms with van der Waals surface area (Å²) in [6.45, 7) is 1.84. The maximum Gasteiger partial charge on any atom is 0.337 e. The van der Waals surface area contributed by atoms with Crippen molar-refractivity contribution in [2.24, 2.45) is 0 Å². The molecule has 0 bridgehead atoms. The van der Waals surface area contributed by atoms with Crippen LogP contribution in [0.2, 0.25) is 10.0 Å². The molecule has 6 heteroatoms. The van der Waals surface area contributed by atoms with Gasteiger partial charge in [-0.15, -0.1) is 0 Å². The summed E-state index contributed by atoms with van der Waals surface area (Å²) in [5, 5.41) is 13.0. The molecule has 0 atom stereocenters. The zero-order chi connectivity index (χ0) is 14.0. The van der Waals surface area contributed by atoms with Gasteiger partial charge in [-0.3, -0.25) is 4.98 Å². The van der Waals surface area contributed by atoms with Gasteiger partial charge in [-0.25, -0.2) is 4.79 Å².